The Balaban J connectivity index is 2.16. The lowest BCUT2D eigenvalue weighted by atomic mass is 10.1. The maximum atomic E-state index is 12.1. The standard InChI is InChI=1S/C18H19NO/c1-13-8-7-11-17(15(13)3)19-14(2)12-18(20)16-9-5-4-6-10-16/h4-12,19H,1-3H3/b14-12+. The molecule has 2 aromatic carbocycles. The minimum absolute atomic E-state index is 0.0147. The molecule has 0 aliphatic heterocycles. The molecule has 0 aromatic heterocycles. The minimum atomic E-state index is 0.0147. The van der Waals surface area contributed by atoms with E-state index in [-0.39, 0.29) is 5.78 Å². The molecule has 0 heterocycles. The number of allylic oxidation sites excluding steroid dienone is 2. The molecule has 2 heteroatoms. The first-order valence-corrected chi connectivity index (χ1v) is 6.69. The quantitative estimate of drug-likeness (QED) is 0.651. The van der Waals surface area contributed by atoms with Crippen LogP contribution in [0.3, 0.4) is 0 Å². The second kappa shape index (κ2) is 6.20. The summed E-state index contributed by atoms with van der Waals surface area (Å²) in [7, 11) is 0. The Morgan fingerprint density at radius 2 is 1.70 bits per heavy atom. The number of hydrogen-bond acceptors (Lipinski definition) is 2. The third-order valence-electron chi connectivity index (χ3n) is 3.34. The Morgan fingerprint density at radius 1 is 1.00 bits per heavy atom. The minimum Gasteiger partial charge on any atom is -0.359 e. The Morgan fingerprint density at radius 3 is 2.40 bits per heavy atom. The molecule has 0 aliphatic carbocycles. The van der Waals surface area contributed by atoms with E-state index in [9.17, 15) is 4.79 Å². The van der Waals surface area contributed by atoms with Crippen LogP contribution in [0.4, 0.5) is 5.69 Å². The zero-order chi connectivity index (χ0) is 14.5. The van der Waals surface area contributed by atoms with E-state index in [0.717, 1.165) is 11.4 Å². The number of carbonyl (C=O) groups is 1. The smallest absolute Gasteiger partial charge is 0.187 e. The van der Waals surface area contributed by atoms with Crippen molar-refractivity contribution in [3.8, 4) is 0 Å². The second-order valence-corrected chi connectivity index (χ2v) is 4.93. The molecule has 2 nitrogen and oxygen atoms in total. The number of aryl methyl sites for hydroxylation is 1. The Kier molecular flexibility index (Phi) is 4.36. The molecule has 0 saturated carbocycles. The summed E-state index contributed by atoms with van der Waals surface area (Å²) >= 11 is 0. The average Bonchev–Trinajstić information content (AvgIpc) is 2.45. The molecule has 0 amide bonds. The summed E-state index contributed by atoms with van der Waals surface area (Å²) in [6.45, 7) is 6.06. The van der Waals surface area contributed by atoms with Crippen LogP contribution in [0, 0.1) is 13.8 Å². The summed E-state index contributed by atoms with van der Waals surface area (Å²) in [5, 5.41) is 3.29. The van der Waals surface area contributed by atoms with Crippen molar-refractivity contribution in [1.29, 1.82) is 0 Å². The molecule has 0 saturated heterocycles. The van der Waals surface area contributed by atoms with Crippen molar-refractivity contribution in [2.24, 2.45) is 0 Å². The molecule has 0 atom stereocenters. The third kappa shape index (κ3) is 3.35. The van der Waals surface area contributed by atoms with E-state index in [2.05, 4.69) is 25.2 Å². The maximum Gasteiger partial charge on any atom is 0.187 e. The number of carbonyl (C=O) groups excluding carboxylic acids is 1. The summed E-state index contributed by atoms with van der Waals surface area (Å²) in [6.07, 6.45) is 1.64. The molecule has 0 aliphatic rings. The van der Waals surface area contributed by atoms with Crippen molar-refractivity contribution in [2.45, 2.75) is 20.8 Å². The van der Waals surface area contributed by atoms with E-state index >= 15 is 0 Å². The lowest BCUT2D eigenvalue weighted by Crippen LogP contribution is -2.02. The van der Waals surface area contributed by atoms with Gasteiger partial charge in [-0.15, -0.1) is 0 Å². The van der Waals surface area contributed by atoms with Gasteiger partial charge in [0, 0.05) is 23.0 Å². The van der Waals surface area contributed by atoms with Crippen molar-refractivity contribution in [3.05, 3.63) is 77.0 Å². The van der Waals surface area contributed by atoms with E-state index in [1.54, 1.807) is 6.08 Å². The summed E-state index contributed by atoms with van der Waals surface area (Å²) in [5.41, 5.74) is 5.02. The number of hydrogen-bond donors (Lipinski definition) is 1. The van der Waals surface area contributed by atoms with Crippen molar-refractivity contribution in [3.63, 3.8) is 0 Å². The first-order valence-electron chi connectivity index (χ1n) is 6.69. The van der Waals surface area contributed by atoms with Gasteiger partial charge < -0.3 is 5.32 Å². The van der Waals surface area contributed by atoms with E-state index < -0.39 is 0 Å². The number of nitrogens with one attached hydrogen (secondary N) is 1. The highest BCUT2D eigenvalue weighted by atomic mass is 16.1. The second-order valence-electron chi connectivity index (χ2n) is 4.93. The van der Waals surface area contributed by atoms with Gasteiger partial charge in [0.2, 0.25) is 0 Å². The Labute approximate surface area is 120 Å². The number of ketones is 1. The number of anilines is 1. The molecule has 0 bridgehead atoms. The summed E-state index contributed by atoms with van der Waals surface area (Å²) in [5.74, 6) is 0.0147. The van der Waals surface area contributed by atoms with Gasteiger partial charge in [-0.05, 0) is 38.0 Å². The van der Waals surface area contributed by atoms with Gasteiger partial charge in [0.05, 0.1) is 0 Å². The monoisotopic (exact) mass is 265 g/mol. The molecular formula is C18H19NO. The van der Waals surface area contributed by atoms with Crippen LogP contribution >= 0.6 is 0 Å². The van der Waals surface area contributed by atoms with Crippen molar-refractivity contribution >= 4 is 11.5 Å². The SMILES string of the molecule is C/C(=C\C(=O)c1ccccc1)Nc1cccc(C)c1C. The fourth-order valence-electron chi connectivity index (χ4n) is 2.02. The molecule has 0 spiro atoms. The lowest BCUT2D eigenvalue weighted by molar-refractivity contribution is 0.104. The Hall–Kier alpha value is -2.35. The van der Waals surface area contributed by atoms with E-state index in [1.165, 1.54) is 11.1 Å². The molecule has 2 rings (SSSR count). The third-order valence-corrected chi connectivity index (χ3v) is 3.34. The molecule has 0 radical (unpaired) electrons. The van der Waals surface area contributed by atoms with Crippen molar-refractivity contribution in [2.75, 3.05) is 5.32 Å². The van der Waals surface area contributed by atoms with Gasteiger partial charge in [-0.3, -0.25) is 4.79 Å². The number of benzene rings is 2. The van der Waals surface area contributed by atoms with Crippen molar-refractivity contribution < 1.29 is 4.79 Å². The van der Waals surface area contributed by atoms with Crippen molar-refractivity contribution in [1.82, 2.24) is 0 Å². The van der Waals surface area contributed by atoms with Gasteiger partial charge in [-0.1, -0.05) is 42.5 Å². The molecule has 0 fully saturated rings. The van der Waals surface area contributed by atoms with Crippen LogP contribution in [-0.2, 0) is 0 Å². The van der Waals surface area contributed by atoms with Gasteiger partial charge in [0.15, 0.2) is 5.78 Å². The summed E-state index contributed by atoms with van der Waals surface area (Å²) in [6, 6.07) is 15.4. The van der Waals surface area contributed by atoms with E-state index in [1.807, 2.05) is 49.4 Å². The molecule has 20 heavy (non-hydrogen) atoms. The van der Waals surface area contributed by atoms with Gasteiger partial charge in [0.25, 0.3) is 0 Å². The highest BCUT2D eigenvalue weighted by Crippen LogP contribution is 2.19. The molecule has 102 valence electrons. The largest absolute Gasteiger partial charge is 0.359 e. The van der Waals surface area contributed by atoms with Gasteiger partial charge in [0.1, 0.15) is 0 Å². The highest BCUT2D eigenvalue weighted by Gasteiger charge is 2.04. The predicted molar refractivity (Wildman–Crippen MR) is 84.1 cm³/mol. The number of rotatable bonds is 4. The molecule has 1 N–H and O–H groups in total. The van der Waals surface area contributed by atoms with Crippen LogP contribution < -0.4 is 5.32 Å². The maximum absolute atomic E-state index is 12.1. The normalized spacial score (nSPS) is 11.2. The topological polar surface area (TPSA) is 29.1 Å². The van der Waals surface area contributed by atoms with Gasteiger partial charge in [-0.25, -0.2) is 0 Å². The van der Waals surface area contributed by atoms with Crippen LogP contribution in [0.25, 0.3) is 0 Å². The van der Waals surface area contributed by atoms with Crippen LogP contribution in [0.15, 0.2) is 60.3 Å². The zero-order valence-electron chi connectivity index (χ0n) is 12.1. The first-order chi connectivity index (χ1) is 9.58. The molecular weight excluding hydrogens is 246 g/mol. The fourth-order valence-corrected chi connectivity index (χ4v) is 2.02. The van der Waals surface area contributed by atoms with Crippen LogP contribution in [0.5, 0.6) is 0 Å². The highest BCUT2D eigenvalue weighted by molar-refractivity contribution is 6.05. The van der Waals surface area contributed by atoms with Gasteiger partial charge >= 0.3 is 0 Å². The van der Waals surface area contributed by atoms with Crippen LogP contribution in [0.1, 0.15) is 28.4 Å². The Bertz CT molecular complexity index is 642. The fraction of sp³-hybridized carbons (Fsp3) is 0.167. The van der Waals surface area contributed by atoms with Crippen LogP contribution in [0.2, 0.25) is 0 Å². The zero-order valence-corrected chi connectivity index (χ0v) is 12.1. The lowest BCUT2D eigenvalue weighted by Gasteiger charge is -2.11. The van der Waals surface area contributed by atoms with E-state index in [0.29, 0.717) is 5.56 Å². The average molecular weight is 265 g/mol. The predicted octanol–water partition coefficient (Wildman–Crippen LogP) is 4.50. The molecule has 2 aromatic rings. The molecule has 0 unspecified atom stereocenters. The van der Waals surface area contributed by atoms with Crippen LogP contribution in [-0.4, -0.2) is 5.78 Å². The van der Waals surface area contributed by atoms with E-state index in [4.69, 9.17) is 0 Å². The van der Waals surface area contributed by atoms with Gasteiger partial charge in [-0.2, -0.15) is 0 Å². The first kappa shape index (κ1) is 14.1. The summed E-state index contributed by atoms with van der Waals surface area (Å²) in [4.78, 5) is 12.1. The summed E-state index contributed by atoms with van der Waals surface area (Å²) < 4.78 is 0.